The zero-order valence-electron chi connectivity index (χ0n) is 18.1. The quantitative estimate of drug-likeness (QED) is 0.623. The number of rotatable bonds is 6. The average molecular weight is 418 g/mol. The van der Waals surface area contributed by atoms with E-state index in [0.29, 0.717) is 24.9 Å². The fourth-order valence-electron chi connectivity index (χ4n) is 5.28. The highest BCUT2D eigenvalue weighted by atomic mass is 16.5. The third-order valence-corrected chi connectivity index (χ3v) is 6.95. The molecular formula is C26H31N3O2. The van der Waals surface area contributed by atoms with Gasteiger partial charge in [0.25, 0.3) is 5.91 Å². The molecule has 162 valence electrons. The number of carbonyl (C=O) groups is 1. The number of nitrogens with zero attached hydrogens (tertiary/aromatic N) is 1. The summed E-state index contributed by atoms with van der Waals surface area (Å²) in [6.45, 7) is 4.23. The van der Waals surface area contributed by atoms with Gasteiger partial charge in [0.05, 0.1) is 18.8 Å². The second-order valence-corrected chi connectivity index (χ2v) is 8.96. The molecule has 1 saturated heterocycles. The van der Waals surface area contributed by atoms with E-state index < -0.39 is 0 Å². The lowest BCUT2D eigenvalue weighted by Crippen LogP contribution is -2.61. The molecule has 0 bridgehead atoms. The maximum absolute atomic E-state index is 13.4. The molecule has 5 heteroatoms. The third kappa shape index (κ3) is 3.88. The summed E-state index contributed by atoms with van der Waals surface area (Å²) >= 11 is 0. The van der Waals surface area contributed by atoms with Crippen molar-refractivity contribution in [1.29, 1.82) is 0 Å². The van der Waals surface area contributed by atoms with Gasteiger partial charge in [-0.1, -0.05) is 48.5 Å². The number of benzene rings is 2. The molecule has 1 amide bonds. The first-order valence-corrected chi connectivity index (χ1v) is 11.5. The Hall–Kier alpha value is -2.63. The highest BCUT2D eigenvalue weighted by Crippen LogP contribution is 2.33. The van der Waals surface area contributed by atoms with Gasteiger partial charge < -0.3 is 19.9 Å². The van der Waals surface area contributed by atoms with Crippen molar-refractivity contribution in [3.05, 3.63) is 71.9 Å². The molecule has 5 nitrogen and oxygen atoms in total. The van der Waals surface area contributed by atoms with E-state index in [-0.39, 0.29) is 17.5 Å². The van der Waals surface area contributed by atoms with Gasteiger partial charge >= 0.3 is 0 Å². The summed E-state index contributed by atoms with van der Waals surface area (Å²) in [5.41, 5.74) is 2.91. The van der Waals surface area contributed by atoms with E-state index in [0.717, 1.165) is 43.1 Å². The van der Waals surface area contributed by atoms with Crippen molar-refractivity contribution in [2.45, 2.75) is 50.2 Å². The van der Waals surface area contributed by atoms with Gasteiger partial charge in [0.1, 0.15) is 5.69 Å². The van der Waals surface area contributed by atoms with Gasteiger partial charge in [-0.2, -0.15) is 0 Å². The van der Waals surface area contributed by atoms with Crippen LogP contribution in [-0.4, -0.2) is 47.6 Å². The minimum absolute atomic E-state index is 0.0912. The lowest BCUT2D eigenvalue weighted by molar-refractivity contribution is -0.0869. The molecule has 0 spiro atoms. The largest absolute Gasteiger partial charge is 0.377 e. The number of amides is 1. The molecular weight excluding hydrogens is 386 g/mol. The van der Waals surface area contributed by atoms with E-state index in [2.05, 4.69) is 52.5 Å². The van der Waals surface area contributed by atoms with Crippen molar-refractivity contribution in [3.8, 4) is 0 Å². The van der Waals surface area contributed by atoms with Crippen LogP contribution in [0.3, 0.4) is 0 Å². The highest BCUT2D eigenvalue weighted by Gasteiger charge is 2.43. The van der Waals surface area contributed by atoms with Crippen LogP contribution in [0.5, 0.6) is 0 Å². The second kappa shape index (κ2) is 8.48. The second-order valence-electron chi connectivity index (χ2n) is 8.96. The number of carbonyl (C=O) groups excluding carboxylic acids is 1. The average Bonchev–Trinajstić information content (AvgIpc) is 3.22. The normalized spacial score (nSPS) is 22.7. The van der Waals surface area contributed by atoms with Gasteiger partial charge in [0.15, 0.2) is 0 Å². The first-order chi connectivity index (χ1) is 15.2. The monoisotopic (exact) mass is 417 g/mol. The first kappa shape index (κ1) is 20.3. The Morgan fingerprint density at radius 3 is 2.61 bits per heavy atom. The van der Waals surface area contributed by atoms with Crippen LogP contribution >= 0.6 is 0 Å². The van der Waals surface area contributed by atoms with Crippen LogP contribution in [0.1, 0.15) is 48.7 Å². The molecule has 1 aromatic heterocycles. The predicted molar refractivity (Wildman–Crippen MR) is 123 cm³/mol. The maximum Gasteiger partial charge on any atom is 0.270 e. The summed E-state index contributed by atoms with van der Waals surface area (Å²) in [6, 6.07) is 21.3. The summed E-state index contributed by atoms with van der Waals surface area (Å²) in [7, 11) is 0. The minimum atomic E-state index is -0.0912. The number of H-pyrrole nitrogens is 1. The van der Waals surface area contributed by atoms with Gasteiger partial charge in [0, 0.05) is 29.5 Å². The summed E-state index contributed by atoms with van der Waals surface area (Å²) in [5, 5.41) is 5.01. The zero-order chi connectivity index (χ0) is 21.3. The molecule has 3 aromatic rings. The number of aromatic nitrogens is 1. The van der Waals surface area contributed by atoms with Crippen molar-refractivity contribution >= 4 is 16.8 Å². The molecule has 2 atom stereocenters. The van der Waals surface area contributed by atoms with Crippen LogP contribution < -0.4 is 5.32 Å². The lowest BCUT2D eigenvalue weighted by atomic mass is 9.83. The molecule has 2 heterocycles. The molecule has 0 radical (unpaired) electrons. The van der Waals surface area contributed by atoms with E-state index in [1.54, 1.807) is 0 Å². The van der Waals surface area contributed by atoms with Crippen molar-refractivity contribution in [3.63, 3.8) is 0 Å². The zero-order valence-corrected chi connectivity index (χ0v) is 18.1. The van der Waals surface area contributed by atoms with Crippen LogP contribution in [0.2, 0.25) is 0 Å². The van der Waals surface area contributed by atoms with Crippen molar-refractivity contribution in [2.75, 3.05) is 19.8 Å². The molecule has 1 aliphatic carbocycles. The number of fused-ring (bicyclic) bond motifs is 1. The molecule has 31 heavy (non-hydrogen) atoms. The van der Waals surface area contributed by atoms with Gasteiger partial charge in [0.2, 0.25) is 0 Å². The van der Waals surface area contributed by atoms with Crippen molar-refractivity contribution in [1.82, 2.24) is 15.2 Å². The number of hydrogen-bond acceptors (Lipinski definition) is 3. The first-order valence-electron chi connectivity index (χ1n) is 11.5. The van der Waals surface area contributed by atoms with Crippen LogP contribution in [0.4, 0.5) is 0 Å². The summed E-state index contributed by atoms with van der Waals surface area (Å²) in [4.78, 5) is 18.8. The fraction of sp³-hybridized carbons (Fsp3) is 0.423. The maximum atomic E-state index is 13.4. The Balaban J connectivity index is 1.31. The third-order valence-electron chi connectivity index (χ3n) is 6.95. The van der Waals surface area contributed by atoms with E-state index in [1.165, 1.54) is 5.56 Å². The number of ether oxygens (including phenoxy) is 1. The SMILES string of the molecule is CCN(C(=O)c1cc2ccccc2[nH]1)[C@H]1CCCC(NC2(c3ccccc3)COC2)C1. The molecule has 2 N–H and O–H groups in total. The Labute approximate surface area is 183 Å². The Morgan fingerprint density at radius 2 is 1.90 bits per heavy atom. The van der Waals surface area contributed by atoms with E-state index in [4.69, 9.17) is 4.74 Å². The molecule has 1 aliphatic heterocycles. The van der Waals surface area contributed by atoms with Crippen LogP contribution in [-0.2, 0) is 10.3 Å². The lowest BCUT2D eigenvalue weighted by Gasteiger charge is -2.47. The van der Waals surface area contributed by atoms with Gasteiger partial charge in [-0.05, 0) is 50.3 Å². The Kier molecular flexibility index (Phi) is 5.55. The smallest absolute Gasteiger partial charge is 0.270 e. The fourth-order valence-corrected chi connectivity index (χ4v) is 5.28. The Morgan fingerprint density at radius 1 is 1.13 bits per heavy atom. The van der Waals surface area contributed by atoms with Gasteiger partial charge in [-0.25, -0.2) is 0 Å². The molecule has 1 unspecified atom stereocenters. The van der Waals surface area contributed by atoms with E-state index in [9.17, 15) is 4.79 Å². The summed E-state index contributed by atoms with van der Waals surface area (Å²) in [5.74, 6) is 0.106. The molecule has 2 aliphatic rings. The standard InChI is InChI=1S/C26H31N3O2/c1-2-29(25(30)24-15-19-9-6-7-14-23(19)27-24)22-13-8-12-21(16-22)28-26(17-31-18-26)20-10-4-3-5-11-20/h3-7,9-11,14-15,21-22,27-28H,2,8,12-13,16-18H2,1H3/t21?,22-/m0/s1. The topological polar surface area (TPSA) is 57.4 Å². The molecule has 2 aromatic carbocycles. The number of nitrogens with one attached hydrogen (secondary N) is 2. The molecule has 2 fully saturated rings. The highest BCUT2D eigenvalue weighted by molar-refractivity contribution is 5.98. The van der Waals surface area contributed by atoms with Gasteiger partial charge in [-0.15, -0.1) is 0 Å². The predicted octanol–water partition coefficient (Wildman–Crippen LogP) is 4.46. The summed E-state index contributed by atoms with van der Waals surface area (Å²) < 4.78 is 5.62. The molecule has 1 saturated carbocycles. The summed E-state index contributed by atoms with van der Waals surface area (Å²) in [6.07, 6.45) is 4.31. The Bertz CT molecular complexity index is 1010. The number of aromatic amines is 1. The van der Waals surface area contributed by atoms with E-state index in [1.807, 2.05) is 30.3 Å². The van der Waals surface area contributed by atoms with Crippen molar-refractivity contribution in [2.24, 2.45) is 0 Å². The van der Waals surface area contributed by atoms with Crippen LogP contribution in [0.15, 0.2) is 60.7 Å². The molecule has 5 rings (SSSR count). The van der Waals surface area contributed by atoms with Crippen LogP contribution in [0.25, 0.3) is 10.9 Å². The minimum Gasteiger partial charge on any atom is -0.377 e. The van der Waals surface area contributed by atoms with E-state index >= 15 is 0 Å². The number of hydrogen-bond donors (Lipinski definition) is 2. The van der Waals surface area contributed by atoms with Crippen molar-refractivity contribution < 1.29 is 9.53 Å². The van der Waals surface area contributed by atoms with Gasteiger partial charge in [-0.3, -0.25) is 4.79 Å². The number of para-hydroxylation sites is 1. The van der Waals surface area contributed by atoms with Crippen LogP contribution in [0, 0.1) is 0 Å².